The van der Waals surface area contributed by atoms with Crippen LogP contribution in [0.5, 0.6) is 5.75 Å². The van der Waals surface area contributed by atoms with Crippen LogP contribution in [0, 0.1) is 18.7 Å². The van der Waals surface area contributed by atoms with E-state index in [2.05, 4.69) is 4.90 Å². The van der Waals surface area contributed by atoms with Crippen LogP contribution in [0.3, 0.4) is 0 Å². The molecular weight excluding hydrogens is 419 g/mol. The molecule has 0 bridgehead atoms. The monoisotopic (exact) mass is 448 g/mol. The van der Waals surface area contributed by atoms with E-state index in [1.165, 1.54) is 6.07 Å². The molecule has 7 heteroatoms. The number of aryl methyl sites for hydroxylation is 1. The van der Waals surface area contributed by atoms with Gasteiger partial charge in [0.1, 0.15) is 11.6 Å². The summed E-state index contributed by atoms with van der Waals surface area (Å²) in [5.41, 5.74) is 2.48. The second-order valence-electron chi connectivity index (χ2n) is 9.07. The van der Waals surface area contributed by atoms with E-state index in [9.17, 15) is 9.18 Å². The predicted octanol–water partition coefficient (Wildman–Crippen LogP) is 4.32. The minimum Gasteiger partial charge on any atom is -0.497 e. The van der Waals surface area contributed by atoms with Gasteiger partial charge in [0.2, 0.25) is 11.9 Å². The molecule has 2 aromatic carbocycles. The maximum absolute atomic E-state index is 14.2. The molecule has 0 aliphatic carbocycles. The van der Waals surface area contributed by atoms with Crippen LogP contribution in [0.15, 0.2) is 42.5 Å². The SMILES string of the molecule is COc1ccc2c(C)nc(N3CCCC(C(=O)N4CCC(c5ccccc5F)C4)C3)nc2c1. The van der Waals surface area contributed by atoms with E-state index in [4.69, 9.17) is 14.7 Å². The molecule has 172 valence electrons. The van der Waals surface area contributed by atoms with Crippen molar-refractivity contribution in [2.75, 3.05) is 38.2 Å². The van der Waals surface area contributed by atoms with Crippen LogP contribution in [-0.2, 0) is 4.79 Å². The lowest BCUT2D eigenvalue weighted by molar-refractivity contribution is -0.134. The molecule has 3 aromatic rings. The van der Waals surface area contributed by atoms with Crippen molar-refractivity contribution in [3.8, 4) is 5.75 Å². The molecule has 2 saturated heterocycles. The number of carbonyl (C=O) groups is 1. The van der Waals surface area contributed by atoms with Gasteiger partial charge in [-0.3, -0.25) is 4.79 Å². The van der Waals surface area contributed by atoms with Gasteiger partial charge in [-0.2, -0.15) is 0 Å². The van der Waals surface area contributed by atoms with Crippen LogP contribution in [0.2, 0.25) is 0 Å². The number of hydrogen-bond donors (Lipinski definition) is 0. The average Bonchev–Trinajstić information content (AvgIpc) is 3.33. The number of carbonyl (C=O) groups excluding carboxylic acids is 1. The van der Waals surface area contributed by atoms with Crippen molar-refractivity contribution in [1.82, 2.24) is 14.9 Å². The lowest BCUT2D eigenvalue weighted by atomic mass is 9.96. The number of likely N-dealkylation sites (tertiary alicyclic amines) is 1. The Bertz CT molecular complexity index is 1180. The van der Waals surface area contributed by atoms with Crippen LogP contribution in [0.25, 0.3) is 10.9 Å². The Kier molecular flexibility index (Phi) is 5.87. The number of ether oxygens (including phenoxy) is 1. The van der Waals surface area contributed by atoms with Crippen LogP contribution < -0.4 is 9.64 Å². The summed E-state index contributed by atoms with van der Waals surface area (Å²) >= 11 is 0. The third kappa shape index (κ3) is 4.24. The molecule has 5 rings (SSSR count). The Hall–Kier alpha value is -3.22. The largest absolute Gasteiger partial charge is 0.497 e. The number of nitrogens with zero attached hydrogens (tertiary/aromatic N) is 4. The fourth-order valence-corrected chi connectivity index (χ4v) is 5.16. The Balaban J connectivity index is 1.31. The van der Waals surface area contributed by atoms with Crippen LogP contribution in [-0.4, -0.2) is 54.1 Å². The van der Waals surface area contributed by atoms with Gasteiger partial charge in [-0.1, -0.05) is 18.2 Å². The molecule has 2 aliphatic heterocycles. The first-order valence-corrected chi connectivity index (χ1v) is 11.6. The highest BCUT2D eigenvalue weighted by molar-refractivity contribution is 5.83. The molecule has 2 aliphatic rings. The summed E-state index contributed by atoms with van der Waals surface area (Å²) in [6.45, 7) is 4.69. The summed E-state index contributed by atoms with van der Waals surface area (Å²) < 4.78 is 19.6. The second kappa shape index (κ2) is 8.96. The van der Waals surface area contributed by atoms with E-state index < -0.39 is 0 Å². The Morgan fingerprint density at radius 2 is 1.94 bits per heavy atom. The van der Waals surface area contributed by atoms with Gasteiger partial charge in [-0.15, -0.1) is 0 Å². The van der Waals surface area contributed by atoms with E-state index in [-0.39, 0.29) is 23.6 Å². The number of methoxy groups -OCH3 is 1. The Morgan fingerprint density at radius 3 is 2.76 bits per heavy atom. The standard InChI is InChI=1S/C26H29FN4O2/c1-17-21-10-9-20(33-2)14-24(21)29-26(28-17)31-12-5-6-19(16-31)25(32)30-13-11-18(15-30)22-7-3-4-8-23(22)27/h3-4,7-10,14,18-19H,5-6,11-13,15-16H2,1-2H3. The van der Waals surface area contributed by atoms with Crippen molar-refractivity contribution in [3.05, 3.63) is 59.5 Å². The molecule has 0 radical (unpaired) electrons. The highest BCUT2D eigenvalue weighted by Crippen LogP contribution is 2.32. The van der Waals surface area contributed by atoms with E-state index in [1.54, 1.807) is 13.2 Å². The van der Waals surface area contributed by atoms with Gasteiger partial charge < -0.3 is 14.5 Å². The van der Waals surface area contributed by atoms with Gasteiger partial charge in [0.25, 0.3) is 0 Å². The molecule has 0 saturated carbocycles. The summed E-state index contributed by atoms with van der Waals surface area (Å²) in [5.74, 6) is 1.38. The first-order chi connectivity index (χ1) is 16.0. The second-order valence-corrected chi connectivity index (χ2v) is 9.07. The molecule has 2 fully saturated rings. The Labute approximate surface area is 193 Å². The van der Waals surface area contributed by atoms with Gasteiger partial charge in [-0.25, -0.2) is 14.4 Å². The number of hydrogen-bond acceptors (Lipinski definition) is 5. The fourth-order valence-electron chi connectivity index (χ4n) is 5.16. The lowest BCUT2D eigenvalue weighted by Crippen LogP contribution is -2.44. The number of halogens is 1. The van der Waals surface area contributed by atoms with Crippen molar-refractivity contribution in [3.63, 3.8) is 0 Å². The van der Waals surface area contributed by atoms with Crippen LogP contribution in [0.4, 0.5) is 10.3 Å². The third-order valence-electron chi connectivity index (χ3n) is 6.98. The Morgan fingerprint density at radius 1 is 1.09 bits per heavy atom. The van der Waals surface area contributed by atoms with E-state index in [0.29, 0.717) is 31.1 Å². The van der Waals surface area contributed by atoms with Gasteiger partial charge in [0.05, 0.1) is 24.2 Å². The van der Waals surface area contributed by atoms with Crippen molar-refractivity contribution < 1.29 is 13.9 Å². The molecule has 3 heterocycles. The maximum atomic E-state index is 14.2. The average molecular weight is 449 g/mol. The number of benzene rings is 2. The van der Waals surface area contributed by atoms with Crippen molar-refractivity contribution >= 4 is 22.8 Å². The number of rotatable bonds is 4. The molecule has 2 atom stereocenters. The van der Waals surface area contributed by atoms with E-state index in [1.807, 2.05) is 42.2 Å². The van der Waals surface area contributed by atoms with Gasteiger partial charge >= 0.3 is 0 Å². The minimum atomic E-state index is -0.180. The molecule has 0 N–H and O–H groups in total. The zero-order valence-electron chi connectivity index (χ0n) is 19.1. The fraction of sp³-hybridized carbons (Fsp3) is 0.423. The number of anilines is 1. The molecule has 1 amide bonds. The van der Waals surface area contributed by atoms with Crippen LogP contribution in [0.1, 0.15) is 36.4 Å². The van der Waals surface area contributed by atoms with Crippen molar-refractivity contribution in [2.45, 2.75) is 32.1 Å². The molecule has 2 unspecified atom stereocenters. The minimum absolute atomic E-state index is 0.0660. The summed E-state index contributed by atoms with van der Waals surface area (Å²) in [4.78, 5) is 26.9. The van der Waals surface area contributed by atoms with E-state index >= 15 is 0 Å². The highest BCUT2D eigenvalue weighted by atomic mass is 19.1. The summed E-state index contributed by atoms with van der Waals surface area (Å²) in [5, 5.41) is 1.00. The van der Waals surface area contributed by atoms with E-state index in [0.717, 1.165) is 48.2 Å². The number of fused-ring (bicyclic) bond motifs is 1. The molecule has 1 aromatic heterocycles. The normalized spacial score (nSPS) is 20.9. The summed E-state index contributed by atoms with van der Waals surface area (Å²) in [7, 11) is 1.64. The summed E-state index contributed by atoms with van der Waals surface area (Å²) in [6, 6.07) is 12.7. The van der Waals surface area contributed by atoms with Gasteiger partial charge in [0.15, 0.2) is 0 Å². The molecule has 33 heavy (non-hydrogen) atoms. The van der Waals surface area contributed by atoms with Gasteiger partial charge in [0, 0.05) is 43.5 Å². The quantitative estimate of drug-likeness (QED) is 0.595. The highest BCUT2D eigenvalue weighted by Gasteiger charge is 2.35. The first-order valence-electron chi connectivity index (χ1n) is 11.6. The molecule has 6 nitrogen and oxygen atoms in total. The predicted molar refractivity (Wildman–Crippen MR) is 126 cm³/mol. The number of piperidine rings is 1. The van der Waals surface area contributed by atoms with Gasteiger partial charge in [-0.05, 0) is 49.9 Å². The zero-order chi connectivity index (χ0) is 22.9. The smallest absolute Gasteiger partial charge is 0.227 e. The molecule has 0 spiro atoms. The molecular formula is C26H29FN4O2. The number of amides is 1. The zero-order valence-corrected chi connectivity index (χ0v) is 19.1. The van der Waals surface area contributed by atoms with Crippen molar-refractivity contribution in [1.29, 1.82) is 0 Å². The summed E-state index contributed by atoms with van der Waals surface area (Å²) in [6.07, 6.45) is 2.58. The van der Waals surface area contributed by atoms with Crippen LogP contribution >= 0.6 is 0 Å². The topological polar surface area (TPSA) is 58.6 Å². The third-order valence-corrected chi connectivity index (χ3v) is 6.98. The first kappa shape index (κ1) is 21.6. The lowest BCUT2D eigenvalue weighted by Gasteiger charge is -2.34. The maximum Gasteiger partial charge on any atom is 0.227 e. The number of aromatic nitrogens is 2. The van der Waals surface area contributed by atoms with Crippen molar-refractivity contribution in [2.24, 2.45) is 5.92 Å².